The summed E-state index contributed by atoms with van der Waals surface area (Å²) in [6.07, 6.45) is 7.21. The number of carbonyl (C=O) groups is 1. The molecule has 0 unspecified atom stereocenters. The number of aromatic nitrogens is 5. The molecule has 0 aliphatic heterocycles. The first-order chi connectivity index (χ1) is 14.0. The van der Waals surface area contributed by atoms with E-state index in [2.05, 4.69) is 45.1 Å². The van der Waals surface area contributed by atoms with Crippen LogP contribution in [-0.2, 0) is 11.8 Å². The van der Waals surface area contributed by atoms with Crippen molar-refractivity contribution < 1.29 is 4.79 Å². The molecule has 0 bridgehead atoms. The van der Waals surface area contributed by atoms with Crippen molar-refractivity contribution in [3.8, 4) is 11.3 Å². The fraction of sp³-hybridized carbons (Fsp3) is 0.364. The number of hydrogen-bond acceptors (Lipinski definition) is 5. The standard InChI is InChI=1S/C22H24N6O/c1-13(29)14-3-6-16(7-4-14)22-26-19(20-21(23)24-12-25-28(20)22)17-8-5-15-9-10-27(2)18(15)11-17/h5,8-12,14,16H,3-4,6-7H2,1-2H3,(H2,23,24,25). The maximum atomic E-state index is 11.7. The molecule has 3 aromatic heterocycles. The van der Waals surface area contributed by atoms with E-state index >= 15 is 0 Å². The Hall–Kier alpha value is -3.22. The summed E-state index contributed by atoms with van der Waals surface area (Å²) < 4.78 is 3.95. The zero-order valence-corrected chi connectivity index (χ0v) is 16.7. The molecular formula is C22H24N6O. The van der Waals surface area contributed by atoms with Crippen LogP contribution in [0.25, 0.3) is 27.7 Å². The molecule has 1 fully saturated rings. The van der Waals surface area contributed by atoms with Crippen LogP contribution >= 0.6 is 0 Å². The van der Waals surface area contributed by atoms with Gasteiger partial charge < -0.3 is 10.3 Å². The first-order valence-corrected chi connectivity index (χ1v) is 10.1. The zero-order valence-electron chi connectivity index (χ0n) is 16.7. The SMILES string of the molecule is CC(=O)C1CCC(c2nc(-c3ccc4ccn(C)c4c3)c3c(N)ncnn23)CC1. The normalized spacial score (nSPS) is 19.8. The van der Waals surface area contributed by atoms with Crippen LogP contribution in [-0.4, -0.2) is 29.9 Å². The minimum atomic E-state index is 0.177. The van der Waals surface area contributed by atoms with E-state index in [1.54, 1.807) is 6.92 Å². The maximum Gasteiger partial charge on any atom is 0.153 e. The van der Waals surface area contributed by atoms with E-state index in [1.165, 1.54) is 11.7 Å². The molecule has 1 aliphatic rings. The molecule has 7 heteroatoms. The van der Waals surface area contributed by atoms with Crippen LogP contribution in [0, 0.1) is 5.92 Å². The summed E-state index contributed by atoms with van der Waals surface area (Å²) in [5.41, 5.74) is 9.97. The van der Waals surface area contributed by atoms with Gasteiger partial charge in [-0.15, -0.1) is 0 Å². The van der Waals surface area contributed by atoms with Gasteiger partial charge in [-0.05, 0) is 50.1 Å². The fourth-order valence-electron chi connectivity index (χ4n) is 4.61. The summed E-state index contributed by atoms with van der Waals surface area (Å²) in [6.45, 7) is 1.70. The van der Waals surface area contributed by atoms with Crippen molar-refractivity contribution in [3.63, 3.8) is 0 Å². The van der Waals surface area contributed by atoms with E-state index in [-0.39, 0.29) is 11.8 Å². The lowest BCUT2D eigenvalue weighted by Crippen LogP contribution is -2.20. The molecule has 1 aliphatic carbocycles. The summed E-state index contributed by atoms with van der Waals surface area (Å²) in [6, 6.07) is 8.42. The first-order valence-electron chi connectivity index (χ1n) is 10.1. The minimum absolute atomic E-state index is 0.177. The molecular weight excluding hydrogens is 364 g/mol. The van der Waals surface area contributed by atoms with Crippen LogP contribution in [0.15, 0.2) is 36.8 Å². The molecule has 148 valence electrons. The molecule has 5 rings (SSSR count). The number of carbonyl (C=O) groups excluding carboxylic acids is 1. The van der Waals surface area contributed by atoms with Crippen molar-refractivity contribution in [2.45, 2.75) is 38.5 Å². The second-order valence-corrected chi connectivity index (χ2v) is 8.08. The van der Waals surface area contributed by atoms with E-state index in [0.29, 0.717) is 11.6 Å². The number of rotatable bonds is 3. The number of nitrogen functional groups attached to an aromatic ring is 1. The van der Waals surface area contributed by atoms with Gasteiger partial charge in [-0.1, -0.05) is 12.1 Å². The molecule has 7 nitrogen and oxygen atoms in total. The smallest absolute Gasteiger partial charge is 0.153 e. The monoisotopic (exact) mass is 388 g/mol. The van der Waals surface area contributed by atoms with Crippen LogP contribution in [0.2, 0.25) is 0 Å². The van der Waals surface area contributed by atoms with E-state index in [4.69, 9.17) is 10.7 Å². The lowest BCUT2D eigenvalue weighted by atomic mass is 9.80. The molecule has 0 spiro atoms. The highest BCUT2D eigenvalue weighted by atomic mass is 16.1. The Kier molecular flexibility index (Phi) is 4.12. The van der Waals surface area contributed by atoms with Gasteiger partial charge in [-0.2, -0.15) is 5.10 Å². The van der Waals surface area contributed by atoms with Crippen LogP contribution < -0.4 is 5.73 Å². The van der Waals surface area contributed by atoms with Gasteiger partial charge in [0.25, 0.3) is 0 Å². The number of Topliss-reactive ketones (excluding diaryl/α,β-unsaturated/α-hetero) is 1. The predicted molar refractivity (Wildman–Crippen MR) is 112 cm³/mol. The Morgan fingerprint density at radius 3 is 2.72 bits per heavy atom. The third-order valence-electron chi connectivity index (χ3n) is 6.31. The second-order valence-electron chi connectivity index (χ2n) is 8.08. The highest BCUT2D eigenvalue weighted by Gasteiger charge is 2.29. The molecule has 0 radical (unpaired) electrons. The minimum Gasteiger partial charge on any atom is -0.382 e. The number of nitrogens with zero attached hydrogens (tertiary/aromatic N) is 5. The predicted octanol–water partition coefficient (Wildman–Crippen LogP) is 3.73. The van der Waals surface area contributed by atoms with Gasteiger partial charge in [-0.25, -0.2) is 14.5 Å². The second kappa shape index (κ2) is 6.69. The van der Waals surface area contributed by atoms with Gasteiger partial charge >= 0.3 is 0 Å². The number of aryl methyl sites for hydroxylation is 1. The number of hydrogen-bond donors (Lipinski definition) is 1. The lowest BCUT2D eigenvalue weighted by Gasteiger charge is -2.25. The average molecular weight is 388 g/mol. The first kappa shape index (κ1) is 17.8. The highest BCUT2D eigenvalue weighted by Crippen LogP contribution is 2.38. The maximum absolute atomic E-state index is 11.7. The molecule has 0 amide bonds. The summed E-state index contributed by atoms with van der Waals surface area (Å²) in [7, 11) is 2.04. The van der Waals surface area contributed by atoms with E-state index in [9.17, 15) is 4.79 Å². The van der Waals surface area contributed by atoms with Crippen molar-refractivity contribution in [3.05, 3.63) is 42.6 Å². The van der Waals surface area contributed by atoms with Gasteiger partial charge in [0.2, 0.25) is 0 Å². The van der Waals surface area contributed by atoms with Crippen LogP contribution in [0.1, 0.15) is 44.3 Å². The Balaban J connectivity index is 1.63. The Morgan fingerprint density at radius 1 is 1.17 bits per heavy atom. The van der Waals surface area contributed by atoms with Crippen molar-refractivity contribution in [2.75, 3.05) is 5.73 Å². The lowest BCUT2D eigenvalue weighted by molar-refractivity contribution is -0.121. The van der Waals surface area contributed by atoms with Crippen molar-refractivity contribution in [2.24, 2.45) is 13.0 Å². The van der Waals surface area contributed by atoms with Crippen molar-refractivity contribution in [1.29, 1.82) is 0 Å². The summed E-state index contributed by atoms with van der Waals surface area (Å²) in [5.74, 6) is 2.08. The molecule has 0 saturated heterocycles. The Labute approximate surface area is 168 Å². The molecule has 29 heavy (non-hydrogen) atoms. The van der Waals surface area contributed by atoms with Gasteiger partial charge in [-0.3, -0.25) is 4.79 Å². The Bertz CT molecular complexity index is 1230. The molecule has 2 N–H and O–H groups in total. The van der Waals surface area contributed by atoms with E-state index in [0.717, 1.165) is 53.8 Å². The van der Waals surface area contributed by atoms with Gasteiger partial charge in [0.05, 0.1) is 0 Å². The number of ketones is 1. The summed E-state index contributed by atoms with van der Waals surface area (Å²) >= 11 is 0. The van der Waals surface area contributed by atoms with E-state index < -0.39 is 0 Å². The number of benzene rings is 1. The number of nitrogens with two attached hydrogens (primary N) is 1. The van der Waals surface area contributed by atoms with Gasteiger partial charge in [0.1, 0.15) is 29.1 Å². The topological polar surface area (TPSA) is 91.1 Å². The fourth-order valence-corrected chi connectivity index (χ4v) is 4.61. The number of anilines is 1. The number of fused-ring (bicyclic) bond motifs is 2. The molecule has 4 aromatic rings. The molecule has 1 aromatic carbocycles. The Morgan fingerprint density at radius 2 is 1.97 bits per heavy atom. The van der Waals surface area contributed by atoms with Gasteiger partial charge in [0, 0.05) is 36.2 Å². The van der Waals surface area contributed by atoms with Crippen LogP contribution in [0.5, 0.6) is 0 Å². The third-order valence-corrected chi connectivity index (χ3v) is 6.31. The van der Waals surface area contributed by atoms with Crippen LogP contribution in [0.3, 0.4) is 0 Å². The number of imidazole rings is 1. The van der Waals surface area contributed by atoms with Crippen molar-refractivity contribution >= 4 is 28.0 Å². The summed E-state index contributed by atoms with van der Waals surface area (Å²) in [4.78, 5) is 21.0. The van der Waals surface area contributed by atoms with Crippen LogP contribution in [0.4, 0.5) is 5.82 Å². The quantitative estimate of drug-likeness (QED) is 0.577. The summed E-state index contributed by atoms with van der Waals surface area (Å²) in [5, 5.41) is 5.67. The molecule has 0 atom stereocenters. The van der Waals surface area contributed by atoms with Crippen molar-refractivity contribution in [1.82, 2.24) is 24.1 Å². The third kappa shape index (κ3) is 2.88. The largest absolute Gasteiger partial charge is 0.382 e. The zero-order chi connectivity index (χ0) is 20.1. The molecule has 3 heterocycles. The molecule has 1 saturated carbocycles. The van der Waals surface area contributed by atoms with E-state index in [1.807, 2.05) is 11.6 Å². The highest BCUT2D eigenvalue weighted by molar-refractivity contribution is 5.90. The van der Waals surface area contributed by atoms with Gasteiger partial charge in [0.15, 0.2) is 5.82 Å². The average Bonchev–Trinajstić information content (AvgIpc) is 3.30.